The Hall–Kier alpha value is -2.61. The van der Waals surface area contributed by atoms with Gasteiger partial charge in [-0.3, -0.25) is 14.9 Å². The summed E-state index contributed by atoms with van der Waals surface area (Å²) in [6.45, 7) is 6.31. The number of guanidine groups is 1. The van der Waals surface area contributed by atoms with Crippen LogP contribution < -0.4 is 21.7 Å². The number of esters is 1. The molecule has 142 valence electrons. The van der Waals surface area contributed by atoms with Crippen molar-refractivity contribution in [3.8, 4) is 0 Å². The molecule has 1 aromatic rings. The average molecular weight is 361 g/mol. The average Bonchev–Trinajstić information content (AvgIpc) is 2.54. The van der Waals surface area contributed by atoms with Crippen LogP contribution in [0.4, 0.5) is 5.69 Å². The van der Waals surface area contributed by atoms with Gasteiger partial charge in [0.2, 0.25) is 5.91 Å². The molecule has 26 heavy (non-hydrogen) atoms. The van der Waals surface area contributed by atoms with Crippen LogP contribution >= 0.6 is 0 Å². The van der Waals surface area contributed by atoms with Crippen LogP contribution in [-0.2, 0) is 14.3 Å². The monoisotopic (exact) mass is 361 g/mol. The van der Waals surface area contributed by atoms with Crippen molar-refractivity contribution in [1.82, 2.24) is 10.6 Å². The largest absolute Gasteiger partial charge is 0.466 e. The van der Waals surface area contributed by atoms with Gasteiger partial charge in [-0.1, -0.05) is 26.0 Å². The van der Waals surface area contributed by atoms with E-state index in [4.69, 9.17) is 10.5 Å². The summed E-state index contributed by atoms with van der Waals surface area (Å²) in [7, 11) is 0. The topological polar surface area (TPSA) is 118 Å². The van der Waals surface area contributed by atoms with Crippen LogP contribution in [0.1, 0.15) is 45.1 Å². The molecule has 0 radical (unpaired) electrons. The number of nitrogens with two attached hydrogens (primary N) is 1. The van der Waals surface area contributed by atoms with Crippen molar-refractivity contribution in [2.45, 2.75) is 51.9 Å². The maximum atomic E-state index is 11.8. The van der Waals surface area contributed by atoms with Crippen LogP contribution in [-0.4, -0.2) is 36.8 Å². The van der Waals surface area contributed by atoms with Crippen LogP contribution in [0.25, 0.3) is 0 Å². The maximum Gasteiger partial charge on any atom is 0.307 e. The van der Waals surface area contributed by atoms with Gasteiger partial charge in [0, 0.05) is 18.2 Å². The summed E-state index contributed by atoms with van der Waals surface area (Å²) in [5.41, 5.74) is 7.97. The molecule has 0 aromatic heterocycles. The van der Waals surface area contributed by atoms with E-state index in [1.807, 2.05) is 24.3 Å². The third kappa shape index (κ3) is 6.03. The highest BCUT2D eigenvalue weighted by Gasteiger charge is 2.27. The minimum atomic E-state index is -0.696. The van der Waals surface area contributed by atoms with Crippen molar-refractivity contribution in [3.05, 3.63) is 29.8 Å². The van der Waals surface area contributed by atoms with Gasteiger partial charge >= 0.3 is 5.97 Å². The molecule has 8 heteroatoms. The van der Waals surface area contributed by atoms with Gasteiger partial charge < -0.3 is 21.1 Å². The van der Waals surface area contributed by atoms with Gasteiger partial charge in [-0.05, 0) is 30.5 Å². The lowest BCUT2D eigenvalue weighted by Crippen LogP contribution is -2.56. The molecule has 1 aromatic carbocycles. The summed E-state index contributed by atoms with van der Waals surface area (Å²) in [6, 6.07) is 7.56. The van der Waals surface area contributed by atoms with Crippen molar-refractivity contribution in [1.29, 1.82) is 0 Å². The SMILES string of the molecule is CCOC(=O)CC1CC(=O)NC(/N=C(/N)Nc2ccc(C(C)C)cc2)N1. The van der Waals surface area contributed by atoms with Gasteiger partial charge in [0.1, 0.15) is 0 Å². The highest BCUT2D eigenvalue weighted by Crippen LogP contribution is 2.17. The van der Waals surface area contributed by atoms with Crippen LogP contribution in [0.5, 0.6) is 0 Å². The molecule has 2 atom stereocenters. The van der Waals surface area contributed by atoms with Crippen molar-refractivity contribution < 1.29 is 14.3 Å². The molecule has 0 bridgehead atoms. The molecule has 5 N–H and O–H groups in total. The minimum absolute atomic E-state index is 0.108. The zero-order valence-corrected chi connectivity index (χ0v) is 15.4. The van der Waals surface area contributed by atoms with Crippen molar-refractivity contribution in [2.24, 2.45) is 10.7 Å². The molecule has 1 aliphatic rings. The Kier molecular flexibility index (Phi) is 6.97. The number of benzene rings is 1. The zero-order chi connectivity index (χ0) is 19.1. The summed E-state index contributed by atoms with van der Waals surface area (Å²) in [5, 5.41) is 8.75. The van der Waals surface area contributed by atoms with Crippen LogP contribution in [0.2, 0.25) is 0 Å². The number of carbonyl (C=O) groups excluding carboxylic acids is 2. The maximum absolute atomic E-state index is 11.8. The summed E-state index contributed by atoms with van der Waals surface area (Å²) < 4.78 is 4.92. The fourth-order valence-electron chi connectivity index (χ4n) is 2.65. The van der Waals surface area contributed by atoms with Crippen molar-refractivity contribution in [3.63, 3.8) is 0 Å². The van der Waals surface area contributed by atoms with Crippen LogP contribution in [0.3, 0.4) is 0 Å². The minimum Gasteiger partial charge on any atom is -0.466 e. The molecule has 1 aliphatic heterocycles. The summed E-state index contributed by atoms with van der Waals surface area (Å²) in [4.78, 5) is 27.7. The lowest BCUT2D eigenvalue weighted by Gasteiger charge is -2.28. The molecular formula is C18H27N5O3. The number of hydrogen-bond donors (Lipinski definition) is 4. The summed E-state index contributed by atoms with van der Waals surface area (Å²) >= 11 is 0. The highest BCUT2D eigenvalue weighted by molar-refractivity contribution is 5.92. The molecule has 0 aliphatic carbocycles. The Labute approximate surface area is 153 Å². The Balaban J connectivity index is 1.95. The quantitative estimate of drug-likeness (QED) is 0.344. The third-order valence-electron chi connectivity index (χ3n) is 3.96. The molecule has 1 heterocycles. The fourth-order valence-corrected chi connectivity index (χ4v) is 2.65. The van der Waals surface area contributed by atoms with E-state index in [1.54, 1.807) is 6.92 Å². The number of ether oxygens (including phenoxy) is 1. The van der Waals surface area contributed by atoms with Gasteiger partial charge in [-0.15, -0.1) is 0 Å². The van der Waals surface area contributed by atoms with E-state index in [9.17, 15) is 9.59 Å². The van der Waals surface area contributed by atoms with E-state index >= 15 is 0 Å². The van der Waals surface area contributed by atoms with Crippen molar-refractivity contribution >= 4 is 23.5 Å². The van der Waals surface area contributed by atoms with Gasteiger partial charge in [-0.25, -0.2) is 4.99 Å². The molecule has 1 amide bonds. The number of nitrogens with one attached hydrogen (secondary N) is 3. The first-order chi connectivity index (χ1) is 12.4. The van der Waals surface area contributed by atoms with Gasteiger partial charge in [0.05, 0.1) is 13.0 Å². The number of hydrogen-bond acceptors (Lipinski definition) is 5. The van der Waals surface area contributed by atoms with Gasteiger partial charge in [0.25, 0.3) is 0 Å². The molecule has 1 saturated heterocycles. The van der Waals surface area contributed by atoms with Gasteiger partial charge in [-0.2, -0.15) is 0 Å². The smallest absolute Gasteiger partial charge is 0.307 e. The third-order valence-corrected chi connectivity index (χ3v) is 3.96. The zero-order valence-electron chi connectivity index (χ0n) is 15.4. The number of carbonyl (C=O) groups is 2. The summed E-state index contributed by atoms with van der Waals surface area (Å²) in [5.74, 6) is 0.0737. The number of nitrogens with zero attached hydrogens (tertiary/aromatic N) is 1. The van der Waals surface area contributed by atoms with E-state index in [-0.39, 0.29) is 36.7 Å². The van der Waals surface area contributed by atoms with E-state index in [0.717, 1.165) is 5.69 Å². The molecule has 2 unspecified atom stereocenters. The van der Waals surface area contributed by atoms with E-state index in [1.165, 1.54) is 5.56 Å². The predicted molar refractivity (Wildman–Crippen MR) is 100 cm³/mol. The first kappa shape index (κ1) is 19.7. The molecule has 8 nitrogen and oxygen atoms in total. The standard InChI is InChI=1S/C18H27N5O3/c1-4-26-16(25)10-14-9-15(24)22-18(21-14)23-17(19)20-13-7-5-12(6-8-13)11(2)3/h5-8,11,14,18,21H,4,9-10H2,1-3H3,(H,22,24)(H3,19,20,23). The van der Waals surface area contributed by atoms with Crippen molar-refractivity contribution in [2.75, 3.05) is 11.9 Å². The molecule has 0 spiro atoms. The number of anilines is 1. The lowest BCUT2D eigenvalue weighted by molar-refractivity contribution is -0.144. The Morgan fingerprint density at radius 3 is 2.69 bits per heavy atom. The van der Waals surface area contributed by atoms with Crippen LogP contribution in [0.15, 0.2) is 29.3 Å². The van der Waals surface area contributed by atoms with E-state index < -0.39 is 6.29 Å². The second-order valence-electron chi connectivity index (χ2n) is 6.46. The first-order valence-corrected chi connectivity index (χ1v) is 8.78. The predicted octanol–water partition coefficient (Wildman–Crippen LogP) is 1.25. The number of rotatable bonds is 6. The summed E-state index contributed by atoms with van der Waals surface area (Å²) in [6.07, 6.45) is -0.398. The Morgan fingerprint density at radius 2 is 2.08 bits per heavy atom. The Morgan fingerprint density at radius 1 is 1.38 bits per heavy atom. The lowest BCUT2D eigenvalue weighted by atomic mass is 10.0. The van der Waals surface area contributed by atoms with E-state index in [0.29, 0.717) is 12.5 Å². The van der Waals surface area contributed by atoms with Gasteiger partial charge in [0.15, 0.2) is 12.2 Å². The fraction of sp³-hybridized carbons (Fsp3) is 0.500. The first-order valence-electron chi connectivity index (χ1n) is 8.78. The second kappa shape index (κ2) is 9.19. The molecule has 2 rings (SSSR count). The number of amides is 1. The second-order valence-corrected chi connectivity index (χ2v) is 6.46. The molecule has 1 fully saturated rings. The molecule has 0 saturated carbocycles. The highest BCUT2D eigenvalue weighted by atomic mass is 16.5. The molecular weight excluding hydrogens is 334 g/mol. The van der Waals surface area contributed by atoms with Crippen LogP contribution in [0, 0.1) is 0 Å². The Bertz CT molecular complexity index is 657. The normalized spacial score (nSPS) is 20.6. The number of aliphatic imine (C=N–C) groups is 1. The van der Waals surface area contributed by atoms with E-state index in [2.05, 4.69) is 34.8 Å².